The fraction of sp³-hybridized carbons (Fsp3) is 0.766. The molecule has 0 amide bonds. The Kier molecular flexibility index (Phi) is 67.0. The van der Waals surface area contributed by atoms with E-state index in [1.165, 1.54) is 89.9 Å². The first-order valence-corrected chi connectivity index (χ1v) is 40.8. The molecular weight excluding hydrogens is 1260 g/mol. The molecule has 5 atom stereocenters. The number of esters is 4. The molecule has 3 N–H and O–H groups in total. The SMILES string of the molecule is CC/C=C\C/C=C\C/C=C\C/C=C\CCCCCCC(=O)OCC(COP(=O)(O)OCC(O)COP(=O)(O)OCC(COC(=O)CCCCCCC/C=C\C/C=C\C/C=C\CC)OC(=O)CCCCCCCCCCCCCCC)OC(=O)CCCCCCCCCCCCC. The van der Waals surface area contributed by atoms with E-state index < -0.39 is 97.5 Å². The van der Waals surface area contributed by atoms with Crippen LogP contribution in [0.5, 0.6) is 0 Å². The number of phosphoric acid groups is 2. The van der Waals surface area contributed by atoms with E-state index in [1.54, 1.807) is 0 Å². The maximum Gasteiger partial charge on any atom is 0.472 e. The van der Waals surface area contributed by atoms with Crippen molar-refractivity contribution in [2.75, 3.05) is 39.6 Å². The Hall–Kier alpha value is -3.76. The van der Waals surface area contributed by atoms with Crippen molar-refractivity contribution < 1.29 is 80.2 Å². The number of carbonyl (C=O) groups is 4. The summed E-state index contributed by atoms with van der Waals surface area (Å²) in [6.07, 6.45) is 70.0. The summed E-state index contributed by atoms with van der Waals surface area (Å²) in [5.41, 5.74) is 0. The molecule has 5 unspecified atom stereocenters. The van der Waals surface area contributed by atoms with Gasteiger partial charge in [0, 0.05) is 25.7 Å². The molecule has 0 heterocycles. The lowest BCUT2D eigenvalue weighted by atomic mass is 10.0. The standard InChI is InChI=1S/C77H136O17P2/c1-5-9-13-17-21-25-29-32-34-35-37-40-43-46-50-54-58-62-75(80)87-67-72(93-76(81)63-59-55-51-47-41-28-24-20-16-12-8-4)69-91-95(83,84)89-65-71(78)66-90-96(85,86)92-70-73(94-77(82)64-60-56-52-48-44-38-31-27-23-19-15-11-7-3)68-88-74(79)61-57-53-49-45-42-39-36-33-30-26-22-18-14-10-6-2/h9-10,13-14,21-22,25-26,32-34,36-37,40,71-73,78H,5-8,11-12,15-20,23-24,27-31,35,38-39,41-70H2,1-4H3,(H,83,84)(H,85,86)/b13-9-,14-10-,25-21-,26-22-,34-32-,36-33-,40-37-. The highest BCUT2D eigenvalue weighted by Gasteiger charge is 2.30. The summed E-state index contributed by atoms with van der Waals surface area (Å²) in [6.45, 7) is 4.63. The summed E-state index contributed by atoms with van der Waals surface area (Å²) in [6, 6.07) is 0. The number of aliphatic hydroxyl groups is 1. The van der Waals surface area contributed by atoms with Gasteiger partial charge < -0.3 is 33.8 Å². The number of hydrogen-bond donors (Lipinski definition) is 3. The molecule has 0 aliphatic heterocycles. The molecule has 0 aromatic heterocycles. The van der Waals surface area contributed by atoms with Crippen LogP contribution in [0.25, 0.3) is 0 Å². The fourth-order valence-corrected chi connectivity index (χ4v) is 11.7. The van der Waals surface area contributed by atoms with Crippen LogP contribution in [0.2, 0.25) is 0 Å². The van der Waals surface area contributed by atoms with Gasteiger partial charge in [-0.15, -0.1) is 0 Å². The third-order valence-electron chi connectivity index (χ3n) is 15.9. The van der Waals surface area contributed by atoms with Gasteiger partial charge in [0.05, 0.1) is 26.4 Å². The van der Waals surface area contributed by atoms with Crippen molar-refractivity contribution in [3.8, 4) is 0 Å². The summed E-state index contributed by atoms with van der Waals surface area (Å²) in [4.78, 5) is 72.8. The molecule has 0 radical (unpaired) electrons. The van der Waals surface area contributed by atoms with E-state index in [0.29, 0.717) is 25.7 Å². The van der Waals surface area contributed by atoms with E-state index in [0.717, 1.165) is 154 Å². The molecule has 96 heavy (non-hydrogen) atoms. The maximum atomic E-state index is 13.1. The molecular formula is C77H136O17P2. The Balaban J connectivity index is 5.32. The first-order chi connectivity index (χ1) is 46.7. The van der Waals surface area contributed by atoms with Gasteiger partial charge in [0.25, 0.3) is 0 Å². The topological polar surface area (TPSA) is 237 Å². The van der Waals surface area contributed by atoms with E-state index in [9.17, 15) is 43.2 Å². The molecule has 0 bridgehead atoms. The minimum atomic E-state index is -4.97. The number of rotatable bonds is 71. The summed E-state index contributed by atoms with van der Waals surface area (Å²) in [5.74, 6) is -2.20. The lowest BCUT2D eigenvalue weighted by Gasteiger charge is -2.21. The minimum absolute atomic E-state index is 0.0926. The maximum absolute atomic E-state index is 13.1. The fourth-order valence-electron chi connectivity index (χ4n) is 10.2. The van der Waals surface area contributed by atoms with Gasteiger partial charge in [-0.3, -0.25) is 37.3 Å². The summed E-state index contributed by atoms with van der Waals surface area (Å²) in [5, 5.41) is 10.6. The third kappa shape index (κ3) is 68.8. The normalized spacial score (nSPS) is 14.4. The number of carbonyl (C=O) groups excluding carboxylic acids is 4. The molecule has 0 rings (SSSR count). The molecule has 0 aliphatic carbocycles. The van der Waals surface area contributed by atoms with Gasteiger partial charge in [0.1, 0.15) is 19.3 Å². The lowest BCUT2D eigenvalue weighted by Crippen LogP contribution is -2.30. The van der Waals surface area contributed by atoms with Gasteiger partial charge >= 0.3 is 39.5 Å². The van der Waals surface area contributed by atoms with Crippen LogP contribution in [-0.4, -0.2) is 96.7 Å². The zero-order chi connectivity index (χ0) is 70.4. The quantitative estimate of drug-likeness (QED) is 0.0169. The summed E-state index contributed by atoms with van der Waals surface area (Å²) < 4.78 is 68.4. The van der Waals surface area contributed by atoms with E-state index in [2.05, 4.69) is 113 Å². The predicted molar refractivity (Wildman–Crippen MR) is 390 cm³/mol. The van der Waals surface area contributed by atoms with Crippen molar-refractivity contribution >= 4 is 39.5 Å². The van der Waals surface area contributed by atoms with Gasteiger partial charge in [-0.25, -0.2) is 9.13 Å². The van der Waals surface area contributed by atoms with Gasteiger partial charge in [-0.2, -0.15) is 0 Å². The van der Waals surface area contributed by atoms with Crippen molar-refractivity contribution in [3.05, 3.63) is 85.1 Å². The van der Waals surface area contributed by atoms with Crippen LogP contribution in [0.4, 0.5) is 0 Å². The molecule has 0 saturated carbocycles. The van der Waals surface area contributed by atoms with Gasteiger partial charge in [-0.05, 0) is 96.3 Å². The van der Waals surface area contributed by atoms with Gasteiger partial charge in [-0.1, -0.05) is 286 Å². The van der Waals surface area contributed by atoms with Crippen molar-refractivity contribution in [1.29, 1.82) is 0 Å². The second kappa shape index (κ2) is 69.7. The second-order valence-electron chi connectivity index (χ2n) is 25.2. The van der Waals surface area contributed by atoms with Crippen LogP contribution in [0.3, 0.4) is 0 Å². The van der Waals surface area contributed by atoms with Crippen molar-refractivity contribution in [3.63, 3.8) is 0 Å². The highest BCUT2D eigenvalue weighted by atomic mass is 31.2. The molecule has 0 spiro atoms. The first kappa shape index (κ1) is 92.2. The second-order valence-corrected chi connectivity index (χ2v) is 28.1. The number of phosphoric ester groups is 2. The largest absolute Gasteiger partial charge is 0.472 e. The first-order valence-electron chi connectivity index (χ1n) is 37.8. The lowest BCUT2D eigenvalue weighted by molar-refractivity contribution is -0.161. The van der Waals surface area contributed by atoms with Crippen LogP contribution < -0.4 is 0 Å². The van der Waals surface area contributed by atoms with Crippen molar-refractivity contribution in [2.45, 2.75) is 341 Å². The van der Waals surface area contributed by atoms with Crippen LogP contribution in [0, 0.1) is 0 Å². The number of hydrogen-bond acceptors (Lipinski definition) is 15. The molecule has 0 aromatic carbocycles. The van der Waals surface area contributed by atoms with Crippen molar-refractivity contribution in [2.24, 2.45) is 0 Å². The van der Waals surface area contributed by atoms with Crippen LogP contribution in [0.15, 0.2) is 85.1 Å². The van der Waals surface area contributed by atoms with E-state index in [4.69, 9.17) is 37.0 Å². The van der Waals surface area contributed by atoms with Gasteiger partial charge in [0.2, 0.25) is 0 Å². The van der Waals surface area contributed by atoms with Gasteiger partial charge in [0.15, 0.2) is 12.2 Å². The summed E-state index contributed by atoms with van der Waals surface area (Å²) >= 11 is 0. The molecule has 0 saturated heterocycles. The average molecular weight is 1400 g/mol. The Bertz CT molecular complexity index is 2160. The highest BCUT2D eigenvalue weighted by Crippen LogP contribution is 2.45. The smallest absolute Gasteiger partial charge is 0.462 e. The van der Waals surface area contributed by atoms with Crippen LogP contribution in [0.1, 0.15) is 323 Å². The van der Waals surface area contributed by atoms with Crippen LogP contribution >= 0.6 is 15.6 Å². The zero-order valence-corrected chi connectivity index (χ0v) is 62.3. The predicted octanol–water partition coefficient (Wildman–Crippen LogP) is 21.4. The highest BCUT2D eigenvalue weighted by molar-refractivity contribution is 7.47. The molecule has 0 aliphatic rings. The number of unbranched alkanes of at least 4 members (excludes halogenated alkanes) is 31. The number of aliphatic hydroxyl groups excluding tert-OH is 1. The average Bonchev–Trinajstić information content (AvgIpc) is 1.13. The Morgan fingerprint density at radius 2 is 0.542 bits per heavy atom. The monoisotopic (exact) mass is 1390 g/mol. The molecule has 19 heteroatoms. The zero-order valence-electron chi connectivity index (χ0n) is 60.5. The molecule has 0 aromatic rings. The Labute approximate surface area is 583 Å². The molecule has 0 fully saturated rings. The number of ether oxygens (including phenoxy) is 4. The molecule has 17 nitrogen and oxygen atoms in total. The van der Waals surface area contributed by atoms with E-state index >= 15 is 0 Å². The Morgan fingerprint density at radius 3 is 0.833 bits per heavy atom. The number of allylic oxidation sites excluding steroid dienone is 14. The van der Waals surface area contributed by atoms with E-state index in [-0.39, 0.29) is 25.7 Å². The third-order valence-corrected chi connectivity index (χ3v) is 17.8. The van der Waals surface area contributed by atoms with Crippen molar-refractivity contribution in [1.82, 2.24) is 0 Å². The Morgan fingerprint density at radius 1 is 0.302 bits per heavy atom. The van der Waals surface area contributed by atoms with E-state index in [1.807, 2.05) is 0 Å². The molecule has 556 valence electrons. The van der Waals surface area contributed by atoms with Crippen LogP contribution in [-0.2, 0) is 65.4 Å². The summed E-state index contributed by atoms with van der Waals surface area (Å²) in [7, 11) is -9.94. The minimum Gasteiger partial charge on any atom is -0.462 e.